The Labute approximate surface area is 119 Å². The van der Waals surface area contributed by atoms with Gasteiger partial charge in [0, 0.05) is 17.8 Å². The van der Waals surface area contributed by atoms with Crippen LogP contribution in [0, 0.1) is 6.92 Å². The van der Waals surface area contributed by atoms with Crippen LogP contribution in [-0.2, 0) is 0 Å². The summed E-state index contributed by atoms with van der Waals surface area (Å²) in [6, 6.07) is 5.47. The van der Waals surface area contributed by atoms with Crippen molar-refractivity contribution in [3.05, 3.63) is 29.3 Å². The van der Waals surface area contributed by atoms with Gasteiger partial charge >= 0.3 is 0 Å². The summed E-state index contributed by atoms with van der Waals surface area (Å²) in [6.07, 6.45) is 5.53. The molecule has 19 heavy (non-hydrogen) atoms. The van der Waals surface area contributed by atoms with Crippen LogP contribution in [0.4, 0.5) is 5.69 Å². The molecule has 4 nitrogen and oxygen atoms in total. The Morgan fingerprint density at radius 1 is 1.32 bits per heavy atom. The van der Waals surface area contributed by atoms with Crippen LogP contribution in [-0.4, -0.2) is 24.5 Å². The Morgan fingerprint density at radius 2 is 2.11 bits per heavy atom. The highest BCUT2D eigenvalue weighted by Crippen LogP contribution is 2.14. The van der Waals surface area contributed by atoms with Crippen LogP contribution in [0.15, 0.2) is 18.2 Å². The molecule has 0 aliphatic heterocycles. The van der Waals surface area contributed by atoms with Crippen LogP contribution in [0.25, 0.3) is 0 Å². The Morgan fingerprint density at radius 3 is 2.74 bits per heavy atom. The van der Waals surface area contributed by atoms with E-state index in [9.17, 15) is 4.79 Å². The molecule has 0 radical (unpaired) electrons. The SMILES string of the molecule is CSCCCCCNC(=O)c1ccc(NN)cc1C. The van der Waals surface area contributed by atoms with E-state index in [1.165, 1.54) is 12.2 Å². The number of hydrogen-bond donors (Lipinski definition) is 3. The van der Waals surface area contributed by atoms with E-state index < -0.39 is 0 Å². The molecule has 0 aromatic heterocycles. The maximum atomic E-state index is 12.0. The number of nitrogens with two attached hydrogens (primary N) is 1. The van der Waals surface area contributed by atoms with Gasteiger partial charge in [-0.25, -0.2) is 0 Å². The second-order valence-electron chi connectivity index (χ2n) is 4.48. The van der Waals surface area contributed by atoms with Gasteiger partial charge in [-0.05, 0) is 55.5 Å². The van der Waals surface area contributed by atoms with Crippen LogP contribution >= 0.6 is 11.8 Å². The first-order chi connectivity index (χ1) is 9.19. The van der Waals surface area contributed by atoms with Gasteiger partial charge in [0.25, 0.3) is 5.91 Å². The normalized spacial score (nSPS) is 10.3. The number of hydrazine groups is 1. The molecule has 0 atom stereocenters. The smallest absolute Gasteiger partial charge is 0.251 e. The van der Waals surface area contributed by atoms with E-state index in [1.54, 1.807) is 12.1 Å². The van der Waals surface area contributed by atoms with Crippen LogP contribution in [0.5, 0.6) is 0 Å². The number of carbonyl (C=O) groups excluding carboxylic acids is 1. The fourth-order valence-corrected chi connectivity index (χ4v) is 2.35. The largest absolute Gasteiger partial charge is 0.352 e. The van der Waals surface area contributed by atoms with Crippen LogP contribution in [0.1, 0.15) is 35.2 Å². The van der Waals surface area contributed by atoms with Crippen molar-refractivity contribution in [2.45, 2.75) is 26.2 Å². The van der Waals surface area contributed by atoms with Crippen molar-refractivity contribution in [1.82, 2.24) is 5.32 Å². The quantitative estimate of drug-likeness (QED) is 0.389. The van der Waals surface area contributed by atoms with Crippen LogP contribution in [0.3, 0.4) is 0 Å². The zero-order valence-electron chi connectivity index (χ0n) is 11.7. The third kappa shape index (κ3) is 5.53. The molecule has 0 spiro atoms. The number of thioether (sulfide) groups is 1. The standard InChI is InChI=1S/C14H23N3OS/c1-11-10-12(17-15)6-7-13(11)14(18)16-8-4-3-5-9-19-2/h6-7,10,17H,3-5,8-9,15H2,1-2H3,(H,16,18). The minimum atomic E-state index is -0.00839. The van der Waals surface area contributed by atoms with Crippen molar-refractivity contribution in [1.29, 1.82) is 0 Å². The molecular formula is C14H23N3OS. The van der Waals surface area contributed by atoms with Gasteiger partial charge in [-0.2, -0.15) is 11.8 Å². The maximum Gasteiger partial charge on any atom is 0.251 e. The first kappa shape index (κ1) is 15.9. The highest BCUT2D eigenvalue weighted by Gasteiger charge is 2.08. The lowest BCUT2D eigenvalue weighted by Crippen LogP contribution is -2.25. The van der Waals surface area contributed by atoms with Gasteiger partial charge in [0.1, 0.15) is 0 Å². The van der Waals surface area contributed by atoms with Crippen molar-refractivity contribution in [3.63, 3.8) is 0 Å². The second kappa shape index (κ2) is 8.82. The number of carbonyl (C=O) groups is 1. The van der Waals surface area contributed by atoms with Gasteiger partial charge in [-0.3, -0.25) is 10.6 Å². The number of rotatable bonds is 8. The molecule has 1 amide bonds. The molecule has 0 saturated heterocycles. The fraction of sp³-hybridized carbons (Fsp3) is 0.500. The van der Waals surface area contributed by atoms with E-state index >= 15 is 0 Å². The highest BCUT2D eigenvalue weighted by molar-refractivity contribution is 7.98. The van der Waals surface area contributed by atoms with Gasteiger partial charge in [0.2, 0.25) is 0 Å². The Kier molecular flexibility index (Phi) is 7.36. The van der Waals surface area contributed by atoms with E-state index in [0.717, 1.165) is 30.6 Å². The Hall–Kier alpha value is -1.20. The first-order valence-corrected chi connectivity index (χ1v) is 7.93. The van der Waals surface area contributed by atoms with Crippen molar-refractivity contribution in [2.75, 3.05) is 24.0 Å². The van der Waals surface area contributed by atoms with Crippen molar-refractivity contribution in [3.8, 4) is 0 Å². The molecule has 4 N–H and O–H groups in total. The lowest BCUT2D eigenvalue weighted by atomic mass is 10.1. The third-order valence-corrected chi connectivity index (χ3v) is 3.65. The Bertz CT molecular complexity index is 410. The van der Waals surface area contributed by atoms with E-state index in [2.05, 4.69) is 17.0 Å². The number of benzene rings is 1. The zero-order valence-corrected chi connectivity index (χ0v) is 12.5. The number of amides is 1. The molecule has 0 fully saturated rings. The Balaban J connectivity index is 2.37. The lowest BCUT2D eigenvalue weighted by Gasteiger charge is -2.09. The second-order valence-corrected chi connectivity index (χ2v) is 5.47. The van der Waals surface area contributed by atoms with Crippen molar-refractivity contribution < 1.29 is 4.79 Å². The van der Waals surface area contributed by atoms with Gasteiger partial charge in [0.05, 0.1) is 0 Å². The molecular weight excluding hydrogens is 258 g/mol. The molecule has 0 unspecified atom stereocenters. The summed E-state index contributed by atoms with van der Waals surface area (Å²) in [5.41, 5.74) is 5.02. The minimum Gasteiger partial charge on any atom is -0.352 e. The molecule has 0 saturated carbocycles. The van der Waals surface area contributed by atoms with Gasteiger partial charge in [0.15, 0.2) is 0 Å². The monoisotopic (exact) mass is 281 g/mol. The molecule has 0 bridgehead atoms. The van der Waals surface area contributed by atoms with Crippen LogP contribution in [0.2, 0.25) is 0 Å². The molecule has 0 aliphatic carbocycles. The molecule has 1 rings (SSSR count). The number of aryl methyl sites for hydroxylation is 1. The molecule has 0 aliphatic rings. The van der Waals surface area contributed by atoms with Gasteiger partial charge < -0.3 is 10.7 Å². The maximum absolute atomic E-state index is 12.0. The van der Waals surface area contributed by atoms with E-state index in [0.29, 0.717) is 5.56 Å². The van der Waals surface area contributed by atoms with E-state index in [-0.39, 0.29) is 5.91 Å². The third-order valence-electron chi connectivity index (χ3n) is 2.95. The molecule has 1 aromatic carbocycles. The average molecular weight is 281 g/mol. The highest BCUT2D eigenvalue weighted by atomic mass is 32.2. The summed E-state index contributed by atoms with van der Waals surface area (Å²) in [7, 11) is 0. The summed E-state index contributed by atoms with van der Waals surface area (Å²) in [4.78, 5) is 12.0. The topological polar surface area (TPSA) is 67.2 Å². The first-order valence-electron chi connectivity index (χ1n) is 6.53. The number of anilines is 1. The average Bonchev–Trinajstić information content (AvgIpc) is 2.42. The van der Waals surface area contributed by atoms with E-state index in [1.807, 2.05) is 24.8 Å². The van der Waals surface area contributed by atoms with Crippen molar-refractivity contribution >= 4 is 23.4 Å². The predicted octanol–water partition coefficient (Wildman–Crippen LogP) is 2.54. The summed E-state index contributed by atoms with van der Waals surface area (Å²) >= 11 is 1.86. The number of hydrogen-bond acceptors (Lipinski definition) is 4. The number of unbranched alkanes of at least 4 members (excludes halogenated alkanes) is 2. The summed E-state index contributed by atoms with van der Waals surface area (Å²) in [5, 5.41) is 2.96. The molecule has 5 heteroatoms. The zero-order chi connectivity index (χ0) is 14.1. The molecule has 1 aromatic rings. The molecule has 0 heterocycles. The number of nitrogens with one attached hydrogen (secondary N) is 2. The van der Waals surface area contributed by atoms with Gasteiger partial charge in [-0.1, -0.05) is 6.42 Å². The van der Waals surface area contributed by atoms with E-state index in [4.69, 9.17) is 5.84 Å². The van der Waals surface area contributed by atoms with Crippen molar-refractivity contribution in [2.24, 2.45) is 5.84 Å². The minimum absolute atomic E-state index is 0.00839. The predicted molar refractivity (Wildman–Crippen MR) is 83.6 cm³/mol. The number of nitrogen functional groups attached to an aromatic ring is 1. The summed E-state index contributed by atoms with van der Waals surface area (Å²) < 4.78 is 0. The summed E-state index contributed by atoms with van der Waals surface area (Å²) in [6.45, 7) is 2.65. The lowest BCUT2D eigenvalue weighted by molar-refractivity contribution is 0.0952. The fourth-order valence-electron chi connectivity index (χ4n) is 1.85. The summed E-state index contributed by atoms with van der Waals surface area (Å²) in [5.74, 6) is 6.52. The van der Waals surface area contributed by atoms with Gasteiger partial charge in [-0.15, -0.1) is 0 Å². The van der Waals surface area contributed by atoms with Crippen LogP contribution < -0.4 is 16.6 Å². The molecule has 106 valence electrons.